The molecular formula is C21H28O3. The second kappa shape index (κ2) is 4.77. The molecule has 0 spiro atoms. The number of fused-ring (bicyclic) bond motifs is 5. The average molecular weight is 328 g/mol. The first kappa shape index (κ1) is 16.0. The highest BCUT2D eigenvalue weighted by molar-refractivity contribution is 5.49. The van der Waals surface area contributed by atoms with Gasteiger partial charge >= 0.3 is 5.63 Å². The summed E-state index contributed by atoms with van der Waals surface area (Å²) in [5, 5.41) is 0. The molecule has 0 aliphatic heterocycles. The van der Waals surface area contributed by atoms with E-state index in [1.165, 1.54) is 24.5 Å². The van der Waals surface area contributed by atoms with Crippen LogP contribution in [0.5, 0.6) is 5.75 Å². The van der Waals surface area contributed by atoms with Crippen molar-refractivity contribution in [3.63, 3.8) is 0 Å². The third-order valence-corrected chi connectivity index (χ3v) is 8.02. The van der Waals surface area contributed by atoms with E-state index in [1.807, 2.05) is 0 Å². The predicted molar refractivity (Wildman–Crippen MR) is 94.5 cm³/mol. The Hall–Kier alpha value is -1.51. The van der Waals surface area contributed by atoms with E-state index in [2.05, 4.69) is 27.4 Å². The minimum Gasteiger partial charge on any atom is -0.496 e. The first-order chi connectivity index (χ1) is 11.3. The minimum absolute atomic E-state index is 0.00727. The van der Waals surface area contributed by atoms with E-state index in [1.54, 1.807) is 7.11 Å². The van der Waals surface area contributed by atoms with E-state index in [4.69, 9.17) is 9.15 Å². The number of allylic oxidation sites excluding steroid dienone is 1. The molecule has 0 N–H and O–H groups in total. The van der Waals surface area contributed by atoms with Gasteiger partial charge in [0.2, 0.25) is 0 Å². The first-order valence-corrected chi connectivity index (χ1v) is 9.16. The lowest BCUT2D eigenvalue weighted by Gasteiger charge is -2.61. The summed E-state index contributed by atoms with van der Waals surface area (Å²) in [6.45, 7) is 11.6. The lowest BCUT2D eigenvalue weighted by molar-refractivity contribution is -0.0594. The van der Waals surface area contributed by atoms with Crippen LogP contribution in [0.4, 0.5) is 0 Å². The summed E-state index contributed by atoms with van der Waals surface area (Å²) < 4.78 is 11.3. The van der Waals surface area contributed by atoms with Crippen LogP contribution >= 0.6 is 0 Å². The zero-order valence-electron chi connectivity index (χ0n) is 15.3. The number of methoxy groups -OCH3 is 1. The fourth-order valence-corrected chi connectivity index (χ4v) is 6.37. The maximum absolute atomic E-state index is 12.0. The summed E-state index contributed by atoms with van der Waals surface area (Å²) in [6, 6.07) is 1.52. The molecule has 1 aromatic heterocycles. The van der Waals surface area contributed by atoms with Gasteiger partial charge in [-0.2, -0.15) is 0 Å². The summed E-state index contributed by atoms with van der Waals surface area (Å²) in [6.07, 6.45) is 6.70. The normalized spacial score (nSPS) is 40.7. The Morgan fingerprint density at radius 1 is 1.29 bits per heavy atom. The zero-order valence-corrected chi connectivity index (χ0v) is 15.3. The van der Waals surface area contributed by atoms with Crippen molar-refractivity contribution in [2.75, 3.05) is 7.11 Å². The summed E-state index contributed by atoms with van der Waals surface area (Å²) in [5.41, 5.74) is 2.55. The maximum atomic E-state index is 12.0. The van der Waals surface area contributed by atoms with Gasteiger partial charge in [-0.25, -0.2) is 4.79 Å². The van der Waals surface area contributed by atoms with Gasteiger partial charge in [-0.05, 0) is 48.9 Å². The van der Waals surface area contributed by atoms with E-state index >= 15 is 0 Å². The molecule has 130 valence electrons. The molecule has 4 rings (SSSR count). The Morgan fingerprint density at radius 2 is 2.04 bits per heavy atom. The largest absolute Gasteiger partial charge is 0.496 e. The fourth-order valence-electron chi connectivity index (χ4n) is 6.37. The highest BCUT2D eigenvalue weighted by Gasteiger charge is 2.65. The van der Waals surface area contributed by atoms with Crippen LogP contribution in [-0.2, 0) is 11.8 Å². The smallest absolute Gasteiger partial charge is 0.339 e. The van der Waals surface area contributed by atoms with Gasteiger partial charge in [0.1, 0.15) is 11.5 Å². The Labute approximate surface area is 144 Å². The van der Waals surface area contributed by atoms with Gasteiger partial charge in [-0.15, -0.1) is 0 Å². The molecule has 2 saturated carbocycles. The van der Waals surface area contributed by atoms with Crippen molar-refractivity contribution < 1.29 is 9.15 Å². The van der Waals surface area contributed by atoms with Crippen LogP contribution < -0.4 is 10.4 Å². The van der Waals surface area contributed by atoms with E-state index in [9.17, 15) is 4.79 Å². The second-order valence-electron chi connectivity index (χ2n) is 8.82. The van der Waals surface area contributed by atoms with Crippen molar-refractivity contribution in [3.05, 3.63) is 40.0 Å². The van der Waals surface area contributed by atoms with Gasteiger partial charge in [-0.1, -0.05) is 32.9 Å². The summed E-state index contributed by atoms with van der Waals surface area (Å²) in [7, 11) is 1.66. The van der Waals surface area contributed by atoms with Crippen molar-refractivity contribution in [2.45, 2.75) is 64.7 Å². The molecule has 0 bridgehead atoms. The minimum atomic E-state index is -0.299. The number of hydrogen-bond donors (Lipinski definition) is 0. The van der Waals surface area contributed by atoms with Gasteiger partial charge in [0.25, 0.3) is 0 Å². The van der Waals surface area contributed by atoms with E-state index in [0.29, 0.717) is 11.7 Å². The molecule has 0 amide bonds. The monoisotopic (exact) mass is 328 g/mol. The Bertz CT molecular complexity index is 776. The predicted octanol–water partition coefficient (Wildman–Crippen LogP) is 4.62. The van der Waals surface area contributed by atoms with Gasteiger partial charge in [-0.3, -0.25) is 0 Å². The van der Waals surface area contributed by atoms with Crippen LogP contribution in [0.3, 0.4) is 0 Å². The number of ether oxygens (including phenoxy) is 1. The molecule has 3 aliphatic rings. The van der Waals surface area contributed by atoms with Gasteiger partial charge < -0.3 is 9.15 Å². The van der Waals surface area contributed by atoms with Crippen LogP contribution in [0.2, 0.25) is 0 Å². The molecule has 3 aliphatic carbocycles. The van der Waals surface area contributed by atoms with Crippen LogP contribution in [0, 0.1) is 16.7 Å². The highest BCUT2D eigenvalue weighted by Crippen LogP contribution is 2.70. The summed E-state index contributed by atoms with van der Waals surface area (Å²) >= 11 is 0. The molecular weight excluding hydrogens is 300 g/mol. The molecule has 2 fully saturated rings. The molecule has 3 heteroatoms. The summed E-state index contributed by atoms with van der Waals surface area (Å²) in [4.78, 5) is 12.0. The molecule has 0 aromatic carbocycles. The maximum Gasteiger partial charge on any atom is 0.339 e. The highest BCUT2D eigenvalue weighted by atomic mass is 16.5. The molecule has 4 atom stereocenters. The molecule has 24 heavy (non-hydrogen) atoms. The second-order valence-corrected chi connectivity index (χ2v) is 8.82. The molecule has 0 unspecified atom stereocenters. The van der Waals surface area contributed by atoms with E-state index in [0.717, 1.165) is 37.0 Å². The zero-order chi connectivity index (χ0) is 17.3. The Morgan fingerprint density at radius 3 is 2.75 bits per heavy atom. The number of hydrogen-bond acceptors (Lipinski definition) is 3. The Balaban J connectivity index is 1.92. The van der Waals surface area contributed by atoms with E-state index < -0.39 is 0 Å². The molecule has 0 radical (unpaired) electrons. The van der Waals surface area contributed by atoms with Gasteiger partial charge in [0.15, 0.2) is 0 Å². The van der Waals surface area contributed by atoms with Crippen molar-refractivity contribution in [1.29, 1.82) is 0 Å². The molecule has 1 aromatic rings. The van der Waals surface area contributed by atoms with Crippen LogP contribution in [-0.4, -0.2) is 7.11 Å². The SMILES string of the molecule is C=C1CCC[C@H]2[C@]3(C)Cc4oc(=O)cc(OC)c4[C@]3(C)CC[C@]12C. The molecule has 3 nitrogen and oxygen atoms in total. The van der Waals surface area contributed by atoms with Crippen LogP contribution in [0.1, 0.15) is 64.2 Å². The number of rotatable bonds is 1. The summed E-state index contributed by atoms with van der Waals surface area (Å²) in [5.74, 6) is 2.14. The van der Waals surface area contributed by atoms with Gasteiger partial charge in [0.05, 0.1) is 13.2 Å². The molecule has 1 heterocycles. The van der Waals surface area contributed by atoms with Crippen molar-refractivity contribution >= 4 is 0 Å². The van der Waals surface area contributed by atoms with Crippen molar-refractivity contribution in [1.82, 2.24) is 0 Å². The van der Waals surface area contributed by atoms with E-state index in [-0.39, 0.29) is 21.9 Å². The van der Waals surface area contributed by atoms with Crippen LogP contribution in [0.25, 0.3) is 0 Å². The lowest BCUT2D eigenvalue weighted by atomic mass is 9.43. The van der Waals surface area contributed by atoms with Gasteiger partial charge in [0, 0.05) is 17.4 Å². The lowest BCUT2D eigenvalue weighted by Crippen LogP contribution is -2.56. The quantitative estimate of drug-likeness (QED) is 0.706. The standard InChI is InChI=1S/C21H28O3/c1-13-7-6-8-16-19(13,2)9-10-20(3)18-14(23-5)11-17(22)24-15(18)12-21(16,20)4/h11,16H,1,6-10,12H2,2-5H3/t16-,19-,20+,21+/m1/s1. The Kier molecular flexibility index (Phi) is 3.18. The van der Waals surface area contributed by atoms with Crippen molar-refractivity contribution in [2.24, 2.45) is 16.7 Å². The van der Waals surface area contributed by atoms with Crippen LogP contribution in [0.15, 0.2) is 27.4 Å². The first-order valence-electron chi connectivity index (χ1n) is 9.16. The van der Waals surface area contributed by atoms with Crippen molar-refractivity contribution in [3.8, 4) is 5.75 Å². The average Bonchev–Trinajstić information content (AvgIpc) is 2.76. The molecule has 0 saturated heterocycles. The topological polar surface area (TPSA) is 39.4 Å². The third kappa shape index (κ3) is 1.71. The fraction of sp³-hybridized carbons (Fsp3) is 0.667. The third-order valence-electron chi connectivity index (χ3n) is 8.02.